The third-order valence-corrected chi connectivity index (χ3v) is 6.95. The third-order valence-electron chi connectivity index (χ3n) is 5.38. The van der Waals surface area contributed by atoms with Gasteiger partial charge in [-0.15, -0.1) is 11.8 Å². The number of β-lactam (4-membered cyclic amide) rings is 1. The Kier molecular flexibility index (Phi) is 7.08. The first-order chi connectivity index (χ1) is 16.7. The molecule has 1 fully saturated rings. The van der Waals surface area contributed by atoms with E-state index in [4.69, 9.17) is 25.5 Å². The van der Waals surface area contributed by atoms with Crippen LogP contribution in [0.4, 0.5) is 0 Å². The van der Waals surface area contributed by atoms with Crippen LogP contribution in [0, 0.1) is 6.92 Å². The van der Waals surface area contributed by atoms with Gasteiger partial charge < -0.3 is 24.3 Å². The molecule has 0 aliphatic carbocycles. The van der Waals surface area contributed by atoms with Crippen molar-refractivity contribution in [2.75, 3.05) is 12.4 Å². The van der Waals surface area contributed by atoms with Crippen molar-refractivity contribution < 1.29 is 38.2 Å². The number of nitrogens with zero attached hydrogens (tertiary/aromatic N) is 1. The molecule has 1 aromatic carbocycles. The maximum absolute atomic E-state index is 12.7. The summed E-state index contributed by atoms with van der Waals surface area (Å²) in [5, 5.41) is 12.2. The molecule has 0 bridgehead atoms. The lowest BCUT2D eigenvalue weighted by molar-refractivity contribution is -0.149. The third kappa shape index (κ3) is 5.15. The molecule has 2 N–H and O–H groups in total. The number of rotatable bonds is 8. The van der Waals surface area contributed by atoms with Gasteiger partial charge in [0.1, 0.15) is 41.8 Å². The number of furan rings is 1. The molecule has 184 valence electrons. The van der Waals surface area contributed by atoms with Crippen LogP contribution in [0.2, 0.25) is 5.02 Å². The van der Waals surface area contributed by atoms with Crippen molar-refractivity contribution in [3.8, 4) is 5.75 Å². The number of halogens is 1. The summed E-state index contributed by atoms with van der Waals surface area (Å²) in [4.78, 5) is 49.4. The number of amides is 2. The van der Waals surface area contributed by atoms with Crippen LogP contribution in [0.15, 0.2) is 46.0 Å². The van der Waals surface area contributed by atoms with Gasteiger partial charge in [0.25, 0.3) is 11.8 Å². The molecule has 0 saturated carbocycles. The standard InChI is InChI=1S/C23H21ClN2O8S/c1-11-7-14(24)3-5-16(11)33-9-15-4-6-17(34-15)20(28)25-18-21(29)26-19(23(30)31)13(8-32-12(2)27)10-35-22(18)26/h3-7,18,22H,8-10H2,1-2H3,(H,25,28)(H,30,31)/t18-,22+/m1/s1. The zero-order valence-electron chi connectivity index (χ0n) is 18.7. The van der Waals surface area contributed by atoms with Crippen LogP contribution in [0.5, 0.6) is 5.75 Å². The van der Waals surface area contributed by atoms with Gasteiger partial charge >= 0.3 is 11.9 Å². The minimum atomic E-state index is -1.30. The fourth-order valence-corrected chi connectivity index (χ4v) is 5.25. The van der Waals surface area contributed by atoms with E-state index in [0.717, 1.165) is 10.5 Å². The highest BCUT2D eigenvalue weighted by molar-refractivity contribution is 8.00. The van der Waals surface area contributed by atoms with Gasteiger partial charge in [0, 0.05) is 23.3 Å². The smallest absolute Gasteiger partial charge is 0.352 e. The van der Waals surface area contributed by atoms with E-state index in [-0.39, 0.29) is 30.4 Å². The minimum Gasteiger partial charge on any atom is -0.485 e. The molecule has 0 radical (unpaired) electrons. The first kappa shape index (κ1) is 24.7. The number of thioether (sulfide) groups is 1. The summed E-state index contributed by atoms with van der Waals surface area (Å²) in [5.74, 6) is -1.77. The molecular formula is C23H21ClN2O8S. The van der Waals surface area contributed by atoms with Gasteiger partial charge in [-0.2, -0.15) is 0 Å². The van der Waals surface area contributed by atoms with Gasteiger partial charge in [-0.1, -0.05) is 11.6 Å². The lowest BCUT2D eigenvalue weighted by Gasteiger charge is -2.49. The Morgan fingerprint density at radius 2 is 2.03 bits per heavy atom. The number of hydrogen-bond donors (Lipinski definition) is 2. The molecule has 0 unspecified atom stereocenters. The number of carboxylic acid groups (broad SMARTS) is 1. The lowest BCUT2D eigenvalue weighted by atomic mass is 10.0. The van der Waals surface area contributed by atoms with Gasteiger partial charge in [-0.05, 0) is 42.8 Å². The Labute approximate surface area is 209 Å². The summed E-state index contributed by atoms with van der Waals surface area (Å²) in [6.45, 7) is 2.94. The van der Waals surface area contributed by atoms with E-state index in [9.17, 15) is 24.3 Å². The SMILES string of the molecule is CC(=O)OCC1=C(C(=O)O)N2C(=O)[C@@H](NC(=O)c3ccc(COc4ccc(Cl)cc4C)o3)[C@@H]2SC1. The van der Waals surface area contributed by atoms with Gasteiger partial charge in [0.05, 0.1) is 0 Å². The molecule has 35 heavy (non-hydrogen) atoms. The van der Waals surface area contributed by atoms with E-state index < -0.39 is 35.2 Å². The molecule has 2 atom stereocenters. The molecule has 2 aliphatic rings. The van der Waals surface area contributed by atoms with Crippen molar-refractivity contribution in [3.05, 3.63) is 63.7 Å². The van der Waals surface area contributed by atoms with E-state index in [2.05, 4.69) is 5.32 Å². The van der Waals surface area contributed by atoms with E-state index >= 15 is 0 Å². The quantitative estimate of drug-likeness (QED) is 0.397. The number of carboxylic acids is 1. The number of hydrogen-bond acceptors (Lipinski definition) is 8. The largest absolute Gasteiger partial charge is 0.485 e. The Hall–Kier alpha value is -3.44. The van der Waals surface area contributed by atoms with E-state index in [1.54, 1.807) is 24.3 Å². The summed E-state index contributed by atoms with van der Waals surface area (Å²) in [6, 6.07) is 7.36. The number of fused-ring (bicyclic) bond motifs is 1. The number of carbonyl (C=O) groups excluding carboxylic acids is 3. The van der Waals surface area contributed by atoms with Crippen molar-refractivity contribution in [1.82, 2.24) is 10.2 Å². The molecule has 12 heteroatoms. The maximum atomic E-state index is 12.7. The average molecular weight is 521 g/mol. The predicted molar refractivity (Wildman–Crippen MR) is 125 cm³/mol. The molecule has 3 heterocycles. The van der Waals surface area contributed by atoms with Crippen LogP contribution >= 0.6 is 23.4 Å². The summed E-state index contributed by atoms with van der Waals surface area (Å²) >= 11 is 7.22. The summed E-state index contributed by atoms with van der Waals surface area (Å²) in [6.07, 6.45) is 0. The minimum absolute atomic E-state index is 0.00645. The zero-order valence-corrected chi connectivity index (χ0v) is 20.3. The summed E-state index contributed by atoms with van der Waals surface area (Å²) in [7, 11) is 0. The molecule has 0 spiro atoms. The van der Waals surface area contributed by atoms with Crippen molar-refractivity contribution >= 4 is 47.1 Å². The fraction of sp³-hybridized carbons (Fsp3) is 0.304. The highest BCUT2D eigenvalue weighted by atomic mass is 35.5. The van der Waals surface area contributed by atoms with Gasteiger partial charge in [0.2, 0.25) is 0 Å². The topological polar surface area (TPSA) is 135 Å². The van der Waals surface area contributed by atoms with Crippen molar-refractivity contribution in [3.63, 3.8) is 0 Å². The van der Waals surface area contributed by atoms with E-state index in [1.165, 1.54) is 24.8 Å². The number of carbonyl (C=O) groups is 4. The van der Waals surface area contributed by atoms with Crippen LogP contribution in [-0.2, 0) is 25.7 Å². The second-order valence-electron chi connectivity index (χ2n) is 7.86. The second-order valence-corrected chi connectivity index (χ2v) is 9.40. The van der Waals surface area contributed by atoms with Crippen LogP contribution in [-0.4, -0.2) is 57.5 Å². The first-order valence-electron chi connectivity index (χ1n) is 10.5. The lowest BCUT2D eigenvalue weighted by Crippen LogP contribution is -2.70. The highest BCUT2D eigenvalue weighted by Gasteiger charge is 2.54. The van der Waals surface area contributed by atoms with Gasteiger partial charge in [0.15, 0.2) is 5.76 Å². The Morgan fingerprint density at radius 1 is 1.26 bits per heavy atom. The Bertz CT molecular complexity index is 1240. The van der Waals surface area contributed by atoms with Crippen molar-refractivity contribution in [2.45, 2.75) is 31.9 Å². The first-order valence-corrected chi connectivity index (χ1v) is 11.9. The number of aliphatic carboxylic acids is 1. The molecular weight excluding hydrogens is 500 g/mol. The number of esters is 1. The van der Waals surface area contributed by atoms with Crippen LogP contribution in [0.3, 0.4) is 0 Å². The number of aryl methyl sites for hydroxylation is 1. The van der Waals surface area contributed by atoms with Crippen LogP contribution < -0.4 is 10.1 Å². The fourth-order valence-electron chi connectivity index (χ4n) is 3.70. The maximum Gasteiger partial charge on any atom is 0.352 e. The normalized spacial score (nSPS) is 19.1. The molecule has 1 saturated heterocycles. The molecule has 2 aliphatic heterocycles. The van der Waals surface area contributed by atoms with E-state index in [1.807, 2.05) is 6.92 Å². The predicted octanol–water partition coefficient (Wildman–Crippen LogP) is 2.74. The van der Waals surface area contributed by atoms with Gasteiger partial charge in [-0.3, -0.25) is 19.3 Å². The highest BCUT2D eigenvalue weighted by Crippen LogP contribution is 2.40. The molecule has 2 amide bonds. The number of benzene rings is 1. The van der Waals surface area contributed by atoms with E-state index in [0.29, 0.717) is 22.1 Å². The van der Waals surface area contributed by atoms with Crippen LogP contribution in [0.25, 0.3) is 0 Å². The molecule has 1 aromatic heterocycles. The zero-order chi connectivity index (χ0) is 25.3. The summed E-state index contributed by atoms with van der Waals surface area (Å²) < 4.78 is 16.2. The molecule has 4 rings (SSSR count). The molecule has 10 nitrogen and oxygen atoms in total. The Morgan fingerprint density at radius 3 is 2.71 bits per heavy atom. The molecule has 2 aromatic rings. The van der Waals surface area contributed by atoms with Crippen LogP contribution in [0.1, 0.15) is 28.8 Å². The monoisotopic (exact) mass is 520 g/mol. The number of ether oxygens (including phenoxy) is 2. The average Bonchev–Trinajstić information content (AvgIpc) is 3.28. The van der Waals surface area contributed by atoms with Gasteiger partial charge in [-0.25, -0.2) is 4.79 Å². The Balaban J connectivity index is 1.38. The second kappa shape index (κ2) is 10.0. The van der Waals surface area contributed by atoms with Crippen molar-refractivity contribution in [1.29, 1.82) is 0 Å². The number of nitrogens with one attached hydrogen (secondary N) is 1. The summed E-state index contributed by atoms with van der Waals surface area (Å²) in [5.41, 5.74) is 0.949. The van der Waals surface area contributed by atoms with Crippen molar-refractivity contribution in [2.24, 2.45) is 0 Å².